The number of piperidine rings is 1. The first-order valence-corrected chi connectivity index (χ1v) is 14.5. The van der Waals surface area contributed by atoms with E-state index in [-0.39, 0.29) is 18.3 Å². The van der Waals surface area contributed by atoms with E-state index in [2.05, 4.69) is 72.4 Å². The average Bonchev–Trinajstić information content (AvgIpc) is 3.09. The van der Waals surface area contributed by atoms with Gasteiger partial charge in [-0.2, -0.15) is 0 Å². The van der Waals surface area contributed by atoms with Crippen LogP contribution in [0.3, 0.4) is 0 Å². The van der Waals surface area contributed by atoms with Crippen molar-refractivity contribution in [3.05, 3.63) is 34.9 Å². The lowest BCUT2D eigenvalue weighted by atomic mass is 9.55. The fourth-order valence-corrected chi connectivity index (χ4v) is 7.06. The molecule has 0 spiro atoms. The minimum absolute atomic E-state index is 0.0622. The van der Waals surface area contributed by atoms with Crippen LogP contribution in [0.2, 0.25) is 11.3 Å². The third-order valence-electron chi connectivity index (χ3n) is 10.5. The van der Waals surface area contributed by atoms with Crippen molar-refractivity contribution in [2.24, 2.45) is 16.7 Å². The molecule has 1 aromatic carbocycles. The van der Waals surface area contributed by atoms with Crippen LogP contribution in [0.5, 0.6) is 0 Å². The minimum Gasteiger partial charge on any atom is -0.403 e. The van der Waals surface area contributed by atoms with Gasteiger partial charge in [-0.05, 0) is 101 Å². The molecule has 0 radical (unpaired) electrons. The van der Waals surface area contributed by atoms with Crippen LogP contribution in [0.15, 0.2) is 24.3 Å². The molecule has 3 aliphatic rings. The molecule has 0 amide bonds. The molecule has 5 heteroatoms. The molecule has 0 saturated carbocycles. The normalized spacial score (nSPS) is 30.0. The van der Waals surface area contributed by atoms with Gasteiger partial charge in [0.2, 0.25) is 0 Å². The zero-order valence-electron chi connectivity index (χ0n) is 23.6. The van der Waals surface area contributed by atoms with E-state index in [4.69, 9.17) is 20.9 Å². The highest BCUT2D eigenvalue weighted by molar-refractivity contribution is 6.45. The molecule has 3 aliphatic heterocycles. The molecule has 1 aromatic rings. The van der Waals surface area contributed by atoms with E-state index in [0.29, 0.717) is 10.8 Å². The number of unbranched alkanes of at least 4 members (excludes halogenated alkanes) is 1. The topological polar surface area (TPSA) is 21.7 Å². The lowest BCUT2D eigenvalue weighted by Gasteiger charge is -2.53. The summed E-state index contributed by atoms with van der Waals surface area (Å²) in [5.74, 6) is 0.790. The Morgan fingerprint density at radius 2 is 1.46 bits per heavy atom. The van der Waals surface area contributed by atoms with E-state index in [1.54, 1.807) is 0 Å². The zero-order chi connectivity index (χ0) is 25.6. The SMILES string of the molecule is CC(C)(C)C(C)(CCCCB1OC(C)(C)C(C)(C)O1)C1CC2CCC(C1)N2Cc1ccc(Cl)cc1. The number of hydrogen-bond donors (Lipinski definition) is 0. The summed E-state index contributed by atoms with van der Waals surface area (Å²) in [5, 5.41) is 0.829. The first-order chi connectivity index (χ1) is 16.2. The second-order valence-corrected chi connectivity index (χ2v) is 14.4. The number of benzene rings is 1. The van der Waals surface area contributed by atoms with Crippen molar-refractivity contribution in [2.45, 2.75) is 136 Å². The Morgan fingerprint density at radius 1 is 0.914 bits per heavy atom. The summed E-state index contributed by atoms with van der Waals surface area (Å²) in [6.45, 7) is 19.7. The summed E-state index contributed by atoms with van der Waals surface area (Å²) < 4.78 is 12.5. The van der Waals surface area contributed by atoms with Crippen LogP contribution < -0.4 is 0 Å². The standard InChI is InChI=1S/C30H49BClNO2/c1-27(2,3)30(8,17-9-10-18-31-34-28(4,5)29(6,7)35-31)23-19-25-15-16-26(20-23)33(25)21-22-11-13-24(32)14-12-22/h11-14,23,25-26H,9-10,15-21H2,1-8H3. The zero-order valence-corrected chi connectivity index (χ0v) is 24.4. The van der Waals surface area contributed by atoms with E-state index < -0.39 is 0 Å². The van der Waals surface area contributed by atoms with Gasteiger partial charge in [0.15, 0.2) is 0 Å². The molecular formula is C30H49BClNO2. The Bertz CT molecular complexity index is 834. The van der Waals surface area contributed by atoms with E-state index in [1.165, 1.54) is 50.5 Å². The van der Waals surface area contributed by atoms with E-state index >= 15 is 0 Å². The number of fused-ring (bicyclic) bond motifs is 2. The number of hydrogen-bond acceptors (Lipinski definition) is 3. The molecule has 2 bridgehead atoms. The summed E-state index contributed by atoms with van der Waals surface area (Å²) in [4.78, 5) is 2.81. The Balaban J connectivity index is 1.35. The first-order valence-electron chi connectivity index (χ1n) is 14.1. The highest BCUT2D eigenvalue weighted by atomic mass is 35.5. The van der Waals surface area contributed by atoms with Crippen molar-refractivity contribution < 1.29 is 9.31 Å². The Labute approximate surface area is 220 Å². The lowest BCUT2D eigenvalue weighted by Crippen LogP contribution is -2.49. The van der Waals surface area contributed by atoms with Crippen molar-refractivity contribution in [1.29, 1.82) is 0 Å². The number of rotatable bonds is 8. The predicted molar refractivity (Wildman–Crippen MR) is 149 cm³/mol. The van der Waals surface area contributed by atoms with E-state index in [0.717, 1.165) is 35.9 Å². The Hall–Kier alpha value is -0.545. The number of halogens is 1. The Kier molecular flexibility index (Phi) is 7.83. The third kappa shape index (κ3) is 5.66. The molecular weight excluding hydrogens is 453 g/mol. The lowest BCUT2D eigenvalue weighted by molar-refractivity contribution is -0.0351. The van der Waals surface area contributed by atoms with Gasteiger partial charge >= 0.3 is 7.12 Å². The summed E-state index contributed by atoms with van der Waals surface area (Å²) in [6, 6.07) is 9.92. The van der Waals surface area contributed by atoms with Gasteiger partial charge in [0, 0.05) is 23.7 Å². The molecule has 0 aliphatic carbocycles. The Morgan fingerprint density at radius 3 is 1.97 bits per heavy atom. The van der Waals surface area contributed by atoms with Crippen molar-refractivity contribution in [2.75, 3.05) is 0 Å². The van der Waals surface area contributed by atoms with Gasteiger partial charge in [0.05, 0.1) is 11.2 Å². The highest BCUT2D eigenvalue weighted by Gasteiger charge is 2.52. The largest absolute Gasteiger partial charge is 0.457 e. The maximum Gasteiger partial charge on any atom is 0.457 e. The van der Waals surface area contributed by atoms with E-state index in [9.17, 15) is 0 Å². The van der Waals surface area contributed by atoms with Crippen molar-refractivity contribution >= 4 is 18.7 Å². The monoisotopic (exact) mass is 501 g/mol. The smallest absolute Gasteiger partial charge is 0.403 e. The molecule has 3 unspecified atom stereocenters. The van der Waals surface area contributed by atoms with Crippen LogP contribution in [-0.4, -0.2) is 35.3 Å². The summed E-state index contributed by atoms with van der Waals surface area (Å²) in [7, 11) is -0.0622. The molecule has 35 heavy (non-hydrogen) atoms. The molecule has 3 saturated heterocycles. The van der Waals surface area contributed by atoms with Gasteiger partial charge in [-0.25, -0.2) is 0 Å². The molecule has 4 rings (SSSR count). The average molecular weight is 502 g/mol. The molecule has 0 N–H and O–H groups in total. The van der Waals surface area contributed by atoms with Gasteiger partial charge in [0.1, 0.15) is 0 Å². The number of nitrogens with zero attached hydrogens (tertiary/aromatic N) is 1. The highest BCUT2D eigenvalue weighted by Crippen LogP contribution is 2.55. The van der Waals surface area contributed by atoms with Crippen LogP contribution in [0.1, 0.15) is 106 Å². The summed E-state index contributed by atoms with van der Waals surface area (Å²) in [6.07, 6.45) is 10.1. The second-order valence-electron chi connectivity index (χ2n) is 14.0. The summed E-state index contributed by atoms with van der Waals surface area (Å²) in [5.41, 5.74) is 1.58. The second kappa shape index (κ2) is 9.97. The van der Waals surface area contributed by atoms with Crippen LogP contribution in [-0.2, 0) is 15.9 Å². The van der Waals surface area contributed by atoms with Crippen LogP contribution in [0.4, 0.5) is 0 Å². The first kappa shape index (κ1) is 27.5. The fourth-order valence-electron chi connectivity index (χ4n) is 6.93. The quantitative estimate of drug-likeness (QED) is 0.263. The molecule has 3 heterocycles. The van der Waals surface area contributed by atoms with Gasteiger partial charge in [-0.15, -0.1) is 0 Å². The summed E-state index contributed by atoms with van der Waals surface area (Å²) >= 11 is 6.12. The maximum absolute atomic E-state index is 6.25. The van der Waals surface area contributed by atoms with Crippen LogP contribution in [0, 0.1) is 16.7 Å². The molecule has 3 fully saturated rings. The van der Waals surface area contributed by atoms with Gasteiger partial charge < -0.3 is 9.31 Å². The fraction of sp³-hybridized carbons (Fsp3) is 0.800. The molecule has 3 nitrogen and oxygen atoms in total. The molecule has 196 valence electrons. The van der Waals surface area contributed by atoms with Gasteiger partial charge in [0.25, 0.3) is 0 Å². The minimum atomic E-state index is -0.225. The van der Waals surface area contributed by atoms with E-state index in [1.807, 2.05) is 12.1 Å². The molecule has 0 aromatic heterocycles. The van der Waals surface area contributed by atoms with Gasteiger partial charge in [-0.1, -0.05) is 64.3 Å². The third-order valence-corrected chi connectivity index (χ3v) is 10.7. The van der Waals surface area contributed by atoms with Crippen LogP contribution >= 0.6 is 11.6 Å². The van der Waals surface area contributed by atoms with Crippen molar-refractivity contribution in [1.82, 2.24) is 4.90 Å². The molecule has 3 atom stereocenters. The predicted octanol–water partition coefficient (Wildman–Crippen LogP) is 8.40. The van der Waals surface area contributed by atoms with Crippen molar-refractivity contribution in [3.8, 4) is 0 Å². The van der Waals surface area contributed by atoms with Crippen molar-refractivity contribution in [3.63, 3.8) is 0 Å². The maximum atomic E-state index is 6.25. The van der Waals surface area contributed by atoms with Crippen LogP contribution in [0.25, 0.3) is 0 Å². The van der Waals surface area contributed by atoms with Gasteiger partial charge in [-0.3, -0.25) is 4.90 Å².